The Morgan fingerprint density at radius 1 is 0.745 bits per heavy atom. The second kappa shape index (κ2) is 19.7. The molecule has 0 bridgehead atoms. The molecular weight excluding hydrogens is 696 g/mol. The Kier molecular flexibility index (Phi) is 16.1. The van der Waals surface area contributed by atoms with Crippen LogP contribution in [0.15, 0.2) is 65.7 Å². The van der Waals surface area contributed by atoms with Crippen molar-refractivity contribution in [3.8, 4) is 46.5 Å². The number of aromatic amines is 1. The Labute approximate surface area is 292 Å². The Morgan fingerprint density at radius 3 is 1.60 bits per heavy atom. The molecule has 4 aromatic rings. The van der Waals surface area contributed by atoms with Gasteiger partial charge in [-0.15, -0.1) is 11.8 Å². The first-order valence-electron chi connectivity index (χ1n) is 14.0. The van der Waals surface area contributed by atoms with Gasteiger partial charge in [-0.05, 0) is 11.1 Å². The maximum atomic E-state index is 9.62. The molecule has 0 saturated carbocycles. The van der Waals surface area contributed by atoms with Gasteiger partial charge in [0.25, 0.3) is 0 Å². The summed E-state index contributed by atoms with van der Waals surface area (Å²) in [6.45, 7) is 0.231. The number of aliphatic hydroxyl groups excluding tert-OH is 2. The standard InChI is InChI=1S/C17H16N4OS.C15H12N4S.C2H5BrO/c1-21(2)16-13(10-18)15(12-6-4-3-5-7-12)14(11-19)17(20-16)23-9-8-22;1-19(2)14-11(8-16)13(10-6-4-3-5-7-10)12(9-17)15(20)18-14;3-1-2-4/h3-7,22H,8-9H2,1-2H3;3-7H,1-2H3,(H,18,20);4H,1-2H2. The maximum Gasteiger partial charge on any atom is 0.148 e. The first-order chi connectivity index (χ1) is 22.6. The smallest absolute Gasteiger partial charge is 0.148 e. The van der Waals surface area contributed by atoms with E-state index in [0.717, 1.165) is 11.1 Å². The number of nitrogens with one attached hydrogen (secondary N) is 1. The van der Waals surface area contributed by atoms with Gasteiger partial charge in [-0.3, -0.25) is 0 Å². The van der Waals surface area contributed by atoms with E-state index in [2.05, 4.69) is 50.2 Å². The van der Waals surface area contributed by atoms with Crippen molar-refractivity contribution >= 4 is 51.5 Å². The third-order valence-electron chi connectivity index (χ3n) is 6.20. The molecule has 0 saturated heterocycles. The molecule has 47 heavy (non-hydrogen) atoms. The zero-order valence-electron chi connectivity index (χ0n) is 26.3. The number of hydrogen-bond acceptors (Lipinski definition) is 11. The van der Waals surface area contributed by atoms with Gasteiger partial charge < -0.3 is 25.0 Å². The Balaban J connectivity index is 0.000000296. The lowest BCUT2D eigenvalue weighted by Crippen LogP contribution is -2.15. The van der Waals surface area contributed by atoms with Gasteiger partial charge in [0.2, 0.25) is 0 Å². The number of aliphatic hydroxyl groups is 2. The van der Waals surface area contributed by atoms with Crippen LogP contribution in [0.2, 0.25) is 0 Å². The van der Waals surface area contributed by atoms with Gasteiger partial charge in [-0.25, -0.2) is 4.98 Å². The number of nitrogens with zero attached hydrogens (tertiary/aromatic N) is 7. The lowest BCUT2D eigenvalue weighted by Gasteiger charge is -2.19. The minimum absolute atomic E-state index is 0.00478. The van der Waals surface area contributed by atoms with Crippen molar-refractivity contribution in [2.45, 2.75) is 5.03 Å². The van der Waals surface area contributed by atoms with E-state index >= 15 is 0 Å². The number of H-pyrrole nitrogens is 1. The van der Waals surface area contributed by atoms with Gasteiger partial charge in [-0.2, -0.15) is 21.0 Å². The van der Waals surface area contributed by atoms with E-state index in [0.29, 0.717) is 65.8 Å². The number of rotatable bonds is 8. The van der Waals surface area contributed by atoms with Crippen LogP contribution in [0.4, 0.5) is 11.6 Å². The van der Waals surface area contributed by atoms with E-state index < -0.39 is 0 Å². The fraction of sp³-hybridized carbons (Fsp3) is 0.235. The molecule has 0 atom stereocenters. The first-order valence-corrected chi connectivity index (χ1v) is 16.5. The average Bonchev–Trinajstić information content (AvgIpc) is 3.10. The van der Waals surface area contributed by atoms with E-state index in [9.17, 15) is 21.0 Å². The number of aromatic nitrogens is 2. The highest BCUT2D eigenvalue weighted by Gasteiger charge is 2.22. The summed E-state index contributed by atoms with van der Waals surface area (Å²) in [5.74, 6) is 1.57. The minimum Gasteiger partial charge on any atom is -0.396 e. The number of pyridine rings is 2. The third kappa shape index (κ3) is 9.88. The second-order valence-electron chi connectivity index (χ2n) is 9.75. The van der Waals surface area contributed by atoms with Crippen LogP contribution in [0.25, 0.3) is 22.3 Å². The summed E-state index contributed by atoms with van der Waals surface area (Å²) in [7, 11) is 7.26. The van der Waals surface area contributed by atoms with Gasteiger partial charge in [-0.1, -0.05) is 88.8 Å². The summed E-state index contributed by atoms with van der Waals surface area (Å²) < 4.78 is 0.342. The molecule has 2 aromatic carbocycles. The molecule has 0 fully saturated rings. The van der Waals surface area contributed by atoms with Crippen molar-refractivity contribution in [1.29, 1.82) is 21.0 Å². The van der Waals surface area contributed by atoms with E-state index in [4.69, 9.17) is 22.4 Å². The van der Waals surface area contributed by atoms with Crippen LogP contribution in [-0.4, -0.2) is 72.7 Å². The van der Waals surface area contributed by atoms with Crippen LogP contribution in [0.1, 0.15) is 22.3 Å². The molecule has 10 nitrogen and oxygen atoms in total. The molecule has 0 spiro atoms. The van der Waals surface area contributed by atoms with Crippen molar-refractivity contribution in [1.82, 2.24) is 9.97 Å². The predicted octanol–water partition coefficient (Wildman–Crippen LogP) is 6.24. The zero-order chi connectivity index (χ0) is 34.9. The van der Waals surface area contributed by atoms with E-state index in [1.54, 1.807) is 9.80 Å². The fourth-order valence-electron chi connectivity index (χ4n) is 4.26. The normalized spacial score (nSPS) is 9.60. The number of hydrogen-bond donors (Lipinski definition) is 3. The zero-order valence-corrected chi connectivity index (χ0v) is 29.5. The number of nitriles is 4. The molecule has 0 unspecified atom stereocenters. The summed E-state index contributed by atoms with van der Waals surface area (Å²) in [5.41, 5.74) is 4.29. The number of halogens is 1. The van der Waals surface area contributed by atoms with Crippen LogP contribution in [-0.2, 0) is 0 Å². The monoisotopic (exact) mass is 728 g/mol. The molecule has 2 aromatic heterocycles. The van der Waals surface area contributed by atoms with Gasteiger partial charge in [0.15, 0.2) is 0 Å². The maximum absolute atomic E-state index is 9.62. The quantitative estimate of drug-likeness (QED) is 0.107. The number of benzene rings is 2. The van der Waals surface area contributed by atoms with Crippen LogP contribution < -0.4 is 9.80 Å². The highest BCUT2D eigenvalue weighted by Crippen LogP contribution is 2.37. The van der Waals surface area contributed by atoms with Crippen molar-refractivity contribution in [2.75, 3.05) is 62.3 Å². The molecule has 0 aliphatic rings. The molecule has 0 radical (unpaired) electrons. The third-order valence-corrected chi connectivity index (χ3v) is 7.81. The van der Waals surface area contributed by atoms with Crippen molar-refractivity contribution in [3.05, 3.63) is 87.6 Å². The van der Waals surface area contributed by atoms with Crippen LogP contribution in [0.5, 0.6) is 0 Å². The Bertz CT molecular complexity index is 1870. The molecule has 3 N–H and O–H groups in total. The van der Waals surface area contributed by atoms with Crippen molar-refractivity contribution < 1.29 is 10.2 Å². The van der Waals surface area contributed by atoms with Gasteiger partial charge in [0.05, 0.1) is 24.3 Å². The summed E-state index contributed by atoms with van der Waals surface area (Å²) in [4.78, 5) is 11.0. The summed E-state index contributed by atoms with van der Waals surface area (Å²) in [6.07, 6.45) is 0. The van der Waals surface area contributed by atoms with Crippen LogP contribution in [0.3, 0.4) is 0 Å². The molecular formula is C34H33BrN8O2S2. The van der Waals surface area contributed by atoms with Gasteiger partial charge in [0.1, 0.15) is 56.7 Å². The molecule has 0 aliphatic carbocycles. The first kappa shape index (κ1) is 38.5. The highest BCUT2D eigenvalue weighted by atomic mass is 79.9. The summed E-state index contributed by atoms with van der Waals surface area (Å²) in [6, 6.07) is 27.4. The van der Waals surface area contributed by atoms with Gasteiger partial charge >= 0.3 is 0 Å². The minimum atomic E-state index is -0.00478. The van der Waals surface area contributed by atoms with E-state index in [1.807, 2.05) is 88.9 Å². The SMILES string of the molecule is CN(C)c1[nH]c(=S)c(C#N)c(-c2ccccc2)c1C#N.CN(C)c1nc(SCCO)c(C#N)c(-c2ccccc2)c1C#N.OCCBr. The number of thioether (sulfide) groups is 1. The second-order valence-corrected chi connectivity index (χ2v) is 12.0. The van der Waals surface area contributed by atoms with Gasteiger partial charge in [0, 0.05) is 50.4 Å². The van der Waals surface area contributed by atoms with Crippen LogP contribution in [0, 0.1) is 50.0 Å². The molecule has 0 aliphatic heterocycles. The van der Waals surface area contributed by atoms with Crippen LogP contribution >= 0.6 is 39.9 Å². The Hall–Kier alpha value is -4.73. The van der Waals surface area contributed by atoms with E-state index in [1.165, 1.54) is 11.8 Å². The average molecular weight is 730 g/mol. The molecule has 13 heteroatoms. The predicted molar refractivity (Wildman–Crippen MR) is 193 cm³/mol. The highest BCUT2D eigenvalue weighted by molar-refractivity contribution is 9.09. The topological polar surface area (TPSA) is 171 Å². The summed E-state index contributed by atoms with van der Waals surface area (Å²) >= 11 is 9.55. The summed E-state index contributed by atoms with van der Waals surface area (Å²) in [5, 5.41) is 56.2. The Morgan fingerprint density at radius 2 is 1.21 bits per heavy atom. The largest absolute Gasteiger partial charge is 0.396 e. The lowest BCUT2D eigenvalue weighted by atomic mass is 9.96. The molecule has 4 rings (SSSR count). The number of alkyl halides is 1. The van der Waals surface area contributed by atoms with Crippen molar-refractivity contribution in [3.63, 3.8) is 0 Å². The molecule has 2 heterocycles. The van der Waals surface area contributed by atoms with Crippen molar-refractivity contribution in [2.24, 2.45) is 0 Å². The van der Waals surface area contributed by atoms with E-state index in [-0.39, 0.29) is 13.2 Å². The molecule has 240 valence electrons. The number of anilines is 2. The molecule has 0 amide bonds. The lowest BCUT2D eigenvalue weighted by molar-refractivity contribution is 0.322. The fourth-order valence-corrected chi connectivity index (χ4v) is 5.23.